The Morgan fingerprint density at radius 3 is 2.11 bits per heavy atom. The molecular formula is C32H40ClN3O7S. The molecule has 0 aliphatic rings. The average Bonchev–Trinajstić information content (AvgIpc) is 3.02. The molecule has 10 nitrogen and oxygen atoms in total. The number of methoxy groups -OCH3 is 3. The van der Waals surface area contributed by atoms with Crippen LogP contribution >= 0.6 is 11.6 Å². The van der Waals surface area contributed by atoms with Crippen LogP contribution in [0.5, 0.6) is 17.2 Å². The van der Waals surface area contributed by atoms with Crippen molar-refractivity contribution < 1.29 is 32.2 Å². The van der Waals surface area contributed by atoms with Gasteiger partial charge in [-0.05, 0) is 55.2 Å². The van der Waals surface area contributed by atoms with Gasteiger partial charge in [0.05, 0.1) is 31.9 Å². The van der Waals surface area contributed by atoms with Crippen LogP contribution in [0.4, 0.5) is 5.69 Å². The number of nitrogens with one attached hydrogen (secondary N) is 1. The van der Waals surface area contributed by atoms with Gasteiger partial charge in [0.1, 0.15) is 18.3 Å². The van der Waals surface area contributed by atoms with E-state index >= 15 is 0 Å². The molecule has 0 bridgehead atoms. The Morgan fingerprint density at radius 1 is 0.864 bits per heavy atom. The predicted octanol–water partition coefficient (Wildman–Crippen LogP) is 4.79. The zero-order valence-electron chi connectivity index (χ0n) is 25.9. The van der Waals surface area contributed by atoms with Gasteiger partial charge in [-0.2, -0.15) is 0 Å². The summed E-state index contributed by atoms with van der Waals surface area (Å²) in [5.41, 5.74) is 1.02. The number of sulfonamides is 1. The van der Waals surface area contributed by atoms with Crippen LogP contribution < -0.4 is 23.8 Å². The van der Waals surface area contributed by atoms with E-state index in [0.717, 1.165) is 9.87 Å². The highest BCUT2D eigenvalue weighted by Gasteiger charge is 2.34. The zero-order chi connectivity index (χ0) is 32.4. The number of benzene rings is 3. The molecule has 0 aromatic heterocycles. The van der Waals surface area contributed by atoms with Crippen LogP contribution in [-0.4, -0.2) is 72.1 Å². The highest BCUT2D eigenvalue weighted by atomic mass is 35.5. The Bertz CT molecular complexity index is 1530. The third kappa shape index (κ3) is 8.57. The number of carbonyl (C=O) groups excluding carboxylic acids is 2. The predicted molar refractivity (Wildman–Crippen MR) is 171 cm³/mol. The van der Waals surface area contributed by atoms with Gasteiger partial charge in [0.25, 0.3) is 10.0 Å². The molecule has 1 atom stereocenters. The second kappa shape index (κ2) is 15.7. The summed E-state index contributed by atoms with van der Waals surface area (Å²) in [6, 6.07) is 17.3. The van der Waals surface area contributed by atoms with Crippen LogP contribution in [0.1, 0.15) is 26.3 Å². The van der Waals surface area contributed by atoms with Crippen LogP contribution in [-0.2, 0) is 26.0 Å². The van der Waals surface area contributed by atoms with Gasteiger partial charge in [-0.25, -0.2) is 8.42 Å². The fraction of sp³-hybridized carbons (Fsp3) is 0.375. The molecule has 0 saturated heterocycles. The van der Waals surface area contributed by atoms with Crippen molar-refractivity contribution in [1.82, 2.24) is 10.2 Å². The van der Waals surface area contributed by atoms with Crippen molar-refractivity contribution in [2.45, 2.75) is 38.1 Å². The van der Waals surface area contributed by atoms with Crippen molar-refractivity contribution in [3.05, 3.63) is 77.3 Å². The van der Waals surface area contributed by atoms with Gasteiger partial charge in [0.2, 0.25) is 11.8 Å². The third-order valence-electron chi connectivity index (χ3n) is 6.97. The minimum Gasteiger partial charge on any atom is -0.495 e. The van der Waals surface area contributed by atoms with E-state index in [1.54, 1.807) is 13.0 Å². The van der Waals surface area contributed by atoms with Crippen molar-refractivity contribution in [3.8, 4) is 17.2 Å². The van der Waals surface area contributed by atoms with Gasteiger partial charge >= 0.3 is 0 Å². The molecule has 0 aliphatic carbocycles. The van der Waals surface area contributed by atoms with E-state index < -0.39 is 28.5 Å². The van der Waals surface area contributed by atoms with E-state index in [4.69, 9.17) is 25.8 Å². The van der Waals surface area contributed by atoms with Crippen LogP contribution in [0.25, 0.3) is 0 Å². The van der Waals surface area contributed by atoms with E-state index in [2.05, 4.69) is 5.32 Å². The Hall–Kier alpha value is -3.96. The first-order valence-electron chi connectivity index (χ1n) is 14.1. The summed E-state index contributed by atoms with van der Waals surface area (Å²) in [5, 5.41) is 3.12. The molecule has 3 aromatic carbocycles. The molecule has 0 saturated carbocycles. The summed E-state index contributed by atoms with van der Waals surface area (Å²) >= 11 is 6.31. The molecule has 3 aromatic rings. The topological polar surface area (TPSA) is 114 Å². The maximum absolute atomic E-state index is 14.3. The lowest BCUT2D eigenvalue weighted by Gasteiger charge is -2.32. The number of rotatable bonds is 15. The normalized spacial score (nSPS) is 11.9. The lowest BCUT2D eigenvalue weighted by atomic mass is 10.1. The number of nitrogens with zero attached hydrogens (tertiary/aromatic N) is 2. The smallest absolute Gasteiger partial charge is 0.265 e. The average molecular weight is 646 g/mol. The fourth-order valence-electron chi connectivity index (χ4n) is 4.50. The number of anilines is 1. The SMILES string of the molecule is COc1ccc(S(=O)(=O)N(CC(=O)N(CCc2ccccc2)C(C)C(=O)NCC(C)C)c2cc(Cl)ccc2OC)cc1OC. The molecular weight excluding hydrogens is 606 g/mol. The Kier molecular flexibility index (Phi) is 12.3. The summed E-state index contributed by atoms with van der Waals surface area (Å²) in [6.45, 7) is 5.55. The van der Waals surface area contributed by atoms with Gasteiger partial charge in [-0.15, -0.1) is 0 Å². The molecule has 0 heterocycles. The molecule has 12 heteroatoms. The number of amides is 2. The largest absolute Gasteiger partial charge is 0.495 e. The molecule has 3 rings (SSSR count). The lowest BCUT2D eigenvalue weighted by Crippen LogP contribution is -2.52. The maximum atomic E-state index is 14.3. The summed E-state index contributed by atoms with van der Waals surface area (Å²) in [5.74, 6) is -0.00335. The molecule has 1 unspecified atom stereocenters. The van der Waals surface area contributed by atoms with Crippen molar-refractivity contribution in [3.63, 3.8) is 0 Å². The van der Waals surface area contributed by atoms with Crippen molar-refractivity contribution in [2.24, 2.45) is 5.92 Å². The minimum absolute atomic E-state index is 0.0584. The van der Waals surface area contributed by atoms with E-state index in [1.165, 1.54) is 56.6 Å². The van der Waals surface area contributed by atoms with E-state index in [0.29, 0.717) is 18.7 Å². The number of halogens is 1. The van der Waals surface area contributed by atoms with Crippen LogP contribution in [0.2, 0.25) is 5.02 Å². The van der Waals surface area contributed by atoms with Crippen molar-refractivity contribution in [1.29, 1.82) is 0 Å². The van der Waals surface area contributed by atoms with E-state index in [-0.39, 0.29) is 45.5 Å². The number of carbonyl (C=O) groups is 2. The van der Waals surface area contributed by atoms with Crippen LogP contribution in [0.15, 0.2) is 71.6 Å². The van der Waals surface area contributed by atoms with Crippen LogP contribution in [0, 0.1) is 5.92 Å². The molecule has 0 radical (unpaired) electrons. The molecule has 44 heavy (non-hydrogen) atoms. The van der Waals surface area contributed by atoms with Crippen LogP contribution in [0.3, 0.4) is 0 Å². The highest BCUT2D eigenvalue weighted by molar-refractivity contribution is 7.92. The standard InChI is InChI=1S/C32H40ClN3O7S/c1-22(2)20-34-32(38)23(3)35(17-16-24-10-8-7-9-11-24)31(37)21-36(27-18-25(33)12-14-28(27)41-4)44(39,40)26-13-15-29(42-5)30(19-26)43-6/h7-15,18-19,22-23H,16-17,20-21H2,1-6H3,(H,34,38). The first-order valence-corrected chi connectivity index (χ1v) is 15.9. The second-order valence-electron chi connectivity index (χ2n) is 10.5. The first kappa shape index (κ1) is 34.5. The van der Waals surface area contributed by atoms with Gasteiger partial charge in [0.15, 0.2) is 11.5 Å². The molecule has 0 spiro atoms. The zero-order valence-corrected chi connectivity index (χ0v) is 27.4. The van der Waals surface area contributed by atoms with Gasteiger partial charge in [-0.3, -0.25) is 13.9 Å². The number of hydrogen-bond acceptors (Lipinski definition) is 7. The van der Waals surface area contributed by atoms with Gasteiger partial charge in [-0.1, -0.05) is 55.8 Å². The first-order chi connectivity index (χ1) is 20.9. The Balaban J connectivity index is 2.08. The minimum atomic E-state index is -4.41. The summed E-state index contributed by atoms with van der Waals surface area (Å²) in [7, 11) is -0.186. The Morgan fingerprint density at radius 2 is 1.50 bits per heavy atom. The quantitative estimate of drug-likeness (QED) is 0.253. The van der Waals surface area contributed by atoms with Crippen molar-refractivity contribution >= 4 is 39.1 Å². The lowest BCUT2D eigenvalue weighted by molar-refractivity contribution is -0.138. The Labute approximate surface area is 264 Å². The second-order valence-corrected chi connectivity index (χ2v) is 12.8. The van der Waals surface area contributed by atoms with E-state index in [1.807, 2.05) is 44.2 Å². The molecule has 1 N–H and O–H groups in total. The third-order valence-corrected chi connectivity index (χ3v) is 8.96. The van der Waals surface area contributed by atoms with Gasteiger partial charge < -0.3 is 24.4 Å². The summed E-state index contributed by atoms with van der Waals surface area (Å²) in [6.07, 6.45) is 0.456. The molecule has 238 valence electrons. The van der Waals surface area contributed by atoms with E-state index in [9.17, 15) is 18.0 Å². The molecule has 2 amide bonds. The summed E-state index contributed by atoms with van der Waals surface area (Å²) < 4.78 is 45.6. The summed E-state index contributed by atoms with van der Waals surface area (Å²) in [4.78, 5) is 28.5. The maximum Gasteiger partial charge on any atom is 0.265 e. The highest BCUT2D eigenvalue weighted by Crippen LogP contribution is 2.37. The van der Waals surface area contributed by atoms with Gasteiger partial charge in [0, 0.05) is 24.2 Å². The number of ether oxygens (including phenoxy) is 3. The molecule has 0 fully saturated rings. The monoisotopic (exact) mass is 645 g/mol. The fourth-order valence-corrected chi connectivity index (χ4v) is 6.10. The molecule has 0 aliphatic heterocycles. The number of hydrogen-bond donors (Lipinski definition) is 1. The van der Waals surface area contributed by atoms with Crippen molar-refractivity contribution in [2.75, 3.05) is 45.3 Å².